The SMILES string of the molecule is CCN(Cc1ccccc1)S(=O)(=O)Oc1cncc(-c2cc3ccc(Cl)cc3n2C)c1. The number of benzene rings is 2. The van der Waals surface area contributed by atoms with Crippen LogP contribution in [0.25, 0.3) is 22.2 Å². The van der Waals surface area contributed by atoms with Crippen LogP contribution in [0.15, 0.2) is 73.1 Å². The van der Waals surface area contributed by atoms with Crippen molar-refractivity contribution in [2.24, 2.45) is 7.05 Å². The Labute approximate surface area is 186 Å². The van der Waals surface area contributed by atoms with Crippen molar-refractivity contribution in [3.63, 3.8) is 0 Å². The van der Waals surface area contributed by atoms with Gasteiger partial charge in [-0.2, -0.15) is 12.7 Å². The quantitative estimate of drug-likeness (QED) is 0.391. The Morgan fingerprint density at radius 3 is 2.58 bits per heavy atom. The summed E-state index contributed by atoms with van der Waals surface area (Å²) in [5.74, 6) is 0.160. The molecule has 0 radical (unpaired) electrons. The van der Waals surface area contributed by atoms with Crippen molar-refractivity contribution in [1.29, 1.82) is 0 Å². The van der Waals surface area contributed by atoms with Gasteiger partial charge in [0.25, 0.3) is 0 Å². The molecule has 0 aliphatic carbocycles. The number of aromatic nitrogens is 2. The van der Waals surface area contributed by atoms with E-state index in [1.165, 1.54) is 10.5 Å². The number of halogens is 1. The van der Waals surface area contributed by atoms with E-state index in [-0.39, 0.29) is 18.8 Å². The molecule has 31 heavy (non-hydrogen) atoms. The summed E-state index contributed by atoms with van der Waals surface area (Å²) >= 11 is 6.13. The Kier molecular flexibility index (Phi) is 6.00. The van der Waals surface area contributed by atoms with Crippen LogP contribution in [0, 0.1) is 0 Å². The lowest BCUT2D eigenvalue weighted by Gasteiger charge is -2.20. The molecular weight excluding hydrogens is 434 g/mol. The molecule has 0 fully saturated rings. The summed E-state index contributed by atoms with van der Waals surface area (Å²) in [5.41, 5.74) is 3.48. The van der Waals surface area contributed by atoms with Gasteiger partial charge in [0.15, 0.2) is 5.75 Å². The van der Waals surface area contributed by atoms with Gasteiger partial charge in [0, 0.05) is 47.8 Å². The molecule has 4 rings (SSSR count). The van der Waals surface area contributed by atoms with Gasteiger partial charge < -0.3 is 8.75 Å². The summed E-state index contributed by atoms with van der Waals surface area (Å²) in [6.07, 6.45) is 3.08. The van der Waals surface area contributed by atoms with Gasteiger partial charge in [-0.05, 0) is 29.8 Å². The molecule has 0 N–H and O–H groups in total. The zero-order chi connectivity index (χ0) is 22.0. The second-order valence-corrected chi connectivity index (χ2v) is 9.13. The van der Waals surface area contributed by atoms with Crippen molar-refractivity contribution < 1.29 is 12.6 Å². The van der Waals surface area contributed by atoms with E-state index in [1.54, 1.807) is 19.2 Å². The number of hydrogen-bond donors (Lipinski definition) is 0. The first-order valence-corrected chi connectivity index (χ1v) is 11.6. The topological polar surface area (TPSA) is 64.4 Å². The van der Waals surface area contributed by atoms with Crippen LogP contribution in [0.5, 0.6) is 5.75 Å². The highest BCUT2D eigenvalue weighted by Gasteiger charge is 2.23. The Morgan fingerprint density at radius 1 is 1.06 bits per heavy atom. The van der Waals surface area contributed by atoms with Crippen molar-refractivity contribution in [2.45, 2.75) is 13.5 Å². The van der Waals surface area contributed by atoms with Gasteiger partial charge in [-0.3, -0.25) is 4.98 Å². The van der Waals surface area contributed by atoms with Crippen LogP contribution in [0.3, 0.4) is 0 Å². The number of rotatable bonds is 7. The summed E-state index contributed by atoms with van der Waals surface area (Å²) in [6, 6.07) is 18.8. The van der Waals surface area contributed by atoms with E-state index in [9.17, 15) is 8.42 Å². The molecule has 0 unspecified atom stereocenters. The molecule has 2 aromatic heterocycles. The van der Waals surface area contributed by atoms with Crippen LogP contribution in [-0.4, -0.2) is 28.8 Å². The largest absolute Gasteiger partial charge is 0.385 e. The van der Waals surface area contributed by atoms with E-state index in [4.69, 9.17) is 15.8 Å². The van der Waals surface area contributed by atoms with E-state index in [1.807, 2.05) is 66.2 Å². The fourth-order valence-electron chi connectivity index (χ4n) is 3.50. The van der Waals surface area contributed by atoms with Crippen LogP contribution in [0.1, 0.15) is 12.5 Å². The molecule has 4 aromatic rings. The normalized spacial score (nSPS) is 11.9. The average Bonchev–Trinajstić information content (AvgIpc) is 3.08. The zero-order valence-electron chi connectivity index (χ0n) is 17.2. The first kappa shape index (κ1) is 21.4. The molecule has 6 nitrogen and oxygen atoms in total. The number of aryl methyl sites for hydroxylation is 1. The number of hydrogen-bond acceptors (Lipinski definition) is 4. The summed E-state index contributed by atoms with van der Waals surface area (Å²) in [5, 5.41) is 1.68. The maximum Gasteiger partial charge on any atom is 0.385 e. The highest BCUT2D eigenvalue weighted by atomic mass is 35.5. The molecule has 160 valence electrons. The summed E-state index contributed by atoms with van der Waals surface area (Å²) in [4.78, 5) is 4.20. The molecule has 0 atom stereocenters. The minimum absolute atomic E-state index is 0.160. The summed E-state index contributed by atoms with van der Waals surface area (Å²) in [6.45, 7) is 2.30. The van der Waals surface area contributed by atoms with Crippen LogP contribution < -0.4 is 4.18 Å². The smallest absolute Gasteiger partial charge is 0.369 e. The minimum Gasteiger partial charge on any atom is -0.369 e. The lowest BCUT2D eigenvalue weighted by molar-refractivity contribution is 0.361. The third-order valence-corrected chi connectivity index (χ3v) is 6.75. The van der Waals surface area contributed by atoms with E-state index in [0.29, 0.717) is 5.02 Å². The lowest BCUT2D eigenvalue weighted by atomic mass is 10.2. The number of nitrogens with zero attached hydrogens (tertiary/aromatic N) is 3. The van der Waals surface area contributed by atoms with Crippen molar-refractivity contribution in [3.8, 4) is 17.0 Å². The Morgan fingerprint density at radius 2 is 1.84 bits per heavy atom. The Bertz CT molecular complexity index is 1320. The lowest BCUT2D eigenvalue weighted by Crippen LogP contribution is -2.34. The molecule has 8 heteroatoms. The van der Waals surface area contributed by atoms with Gasteiger partial charge >= 0.3 is 10.3 Å². The van der Waals surface area contributed by atoms with Crippen LogP contribution in [0.4, 0.5) is 0 Å². The molecule has 0 bridgehead atoms. The number of fused-ring (bicyclic) bond motifs is 1. The maximum atomic E-state index is 12.9. The molecule has 0 aliphatic heterocycles. The van der Waals surface area contributed by atoms with Crippen LogP contribution >= 0.6 is 11.6 Å². The molecule has 0 saturated carbocycles. The molecule has 2 aromatic carbocycles. The van der Waals surface area contributed by atoms with Crippen molar-refractivity contribution >= 4 is 32.8 Å². The summed E-state index contributed by atoms with van der Waals surface area (Å²) < 4.78 is 34.5. The maximum absolute atomic E-state index is 12.9. The first-order valence-electron chi connectivity index (χ1n) is 9.81. The first-order chi connectivity index (χ1) is 14.9. The van der Waals surface area contributed by atoms with Gasteiger partial charge in [0.1, 0.15) is 0 Å². The van der Waals surface area contributed by atoms with E-state index < -0.39 is 10.3 Å². The minimum atomic E-state index is -3.99. The van der Waals surface area contributed by atoms with Crippen molar-refractivity contribution in [2.75, 3.05) is 6.54 Å². The van der Waals surface area contributed by atoms with Crippen molar-refractivity contribution in [1.82, 2.24) is 13.9 Å². The summed E-state index contributed by atoms with van der Waals surface area (Å²) in [7, 11) is -2.07. The van der Waals surface area contributed by atoms with Crippen LogP contribution in [-0.2, 0) is 23.9 Å². The zero-order valence-corrected chi connectivity index (χ0v) is 18.8. The predicted octanol–water partition coefficient (Wildman–Crippen LogP) is 5.04. The average molecular weight is 456 g/mol. The fourth-order valence-corrected chi connectivity index (χ4v) is 4.72. The third-order valence-electron chi connectivity index (χ3n) is 5.09. The molecule has 0 aliphatic rings. The van der Waals surface area contributed by atoms with Gasteiger partial charge in [-0.15, -0.1) is 0 Å². The van der Waals surface area contributed by atoms with Gasteiger partial charge in [-0.1, -0.05) is 54.9 Å². The molecule has 0 amide bonds. The second-order valence-electron chi connectivity index (χ2n) is 7.15. The highest BCUT2D eigenvalue weighted by molar-refractivity contribution is 7.84. The third kappa shape index (κ3) is 4.58. The standard InChI is InChI=1S/C23H22ClN3O3S/c1-3-27(16-17-7-5-4-6-8-17)31(28,29)30-21-11-19(14-25-15-21)22-12-18-9-10-20(24)13-23(18)26(22)2/h4-15H,3,16H2,1-2H3. The van der Waals surface area contributed by atoms with E-state index in [2.05, 4.69) is 4.98 Å². The second kappa shape index (κ2) is 8.70. The molecular formula is C23H22ClN3O3S. The number of pyridine rings is 1. The predicted molar refractivity (Wildman–Crippen MR) is 123 cm³/mol. The Hall–Kier alpha value is -2.87. The van der Waals surface area contributed by atoms with Gasteiger partial charge in [0.2, 0.25) is 0 Å². The molecule has 0 saturated heterocycles. The molecule has 0 spiro atoms. The molecule has 2 heterocycles. The fraction of sp³-hybridized carbons (Fsp3) is 0.174. The van der Waals surface area contributed by atoms with Crippen molar-refractivity contribution in [3.05, 3.63) is 83.6 Å². The monoisotopic (exact) mass is 455 g/mol. The van der Waals surface area contributed by atoms with Gasteiger partial charge in [-0.25, -0.2) is 0 Å². The highest BCUT2D eigenvalue weighted by Crippen LogP contribution is 2.30. The van der Waals surface area contributed by atoms with Gasteiger partial charge in [0.05, 0.1) is 11.9 Å². The van der Waals surface area contributed by atoms with Crippen LogP contribution in [0.2, 0.25) is 5.02 Å². The van der Waals surface area contributed by atoms with E-state index in [0.717, 1.165) is 27.7 Å². The van der Waals surface area contributed by atoms with E-state index >= 15 is 0 Å². The Balaban J connectivity index is 1.62.